The first-order valence-electron chi connectivity index (χ1n) is 8.38. The van der Waals surface area contributed by atoms with Crippen molar-refractivity contribution >= 4 is 23.2 Å². The van der Waals surface area contributed by atoms with E-state index in [4.69, 9.17) is 0 Å². The van der Waals surface area contributed by atoms with Crippen molar-refractivity contribution in [3.8, 4) is 0 Å². The average Bonchev–Trinajstić information content (AvgIpc) is 2.54. The maximum atomic E-state index is 12.6. The fourth-order valence-corrected chi connectivity index (χ4v) is 3.16. The highest BCUT2D eigenvalue weighted by Crippen LogP contribution is 2.23. The number of hydrogen-bond acceptors (Lipinski definition) is 3. The molecule has 0 aromatic heterocycles. The van der Waals surface area contributed by atoms with E-state index in [-0.39, 0.29) is 17.9 Å². The lowest BCUT2D eigenvalue weighted by molar-refractivity contribution is -0.133. The van der Waals surface area contributed by atoms with E-state index in [1.165, 1.54) is 26.2 Å². The molecule has 5 heteroatoms. The summed E-state index contributed by atoms with van der Waals surface area (Å²) in [6.45, 7) is 3.36. The number of carbonyl (C=O) groups excluding carboxylic acids is 2. The molecule has 1 aliphatic carbocycles. The third-order valence-corrected chi connectivity index (χ3v) is 4.41. The fraction of sp³-hybridized carbons (Fsp3) is 0.556. The highest BCUT2D eigenvalue weighted by atomic mass is 16.2. The van der Waals surface area contributed by atoms with E-state index in [9.17, 15) is 9.59 Å². The van der Waals surface area contributed by atoms with Gasteiger partial charge in [-0.3, -0.25) is 9.59 Å². The van der Waals surface area contributed by atoms with E-state index in [2.05, 4.69) is 10.6 Å². The van der Waals surface area contributed by atoms with Gasteiger partial charge in [0.05, 0.1) is 0 Å². The minimum absolute atomic E-state index is 0.108. The van der Waals surface area contributed by atoms with E-state index < -0.39 is 0 Å². The maximum absolute atomic E-state index is 12.6. The van der Waals surface area contributed by atoms with E-state index in [0.29, 0.717) is 6.04 Å². The number of anilines is 2. The van der Waals surface area contributed by atoms with Gasteiger partial charge in [-0.15, -0.1) is 0 Å². The second kappa shape index (κ2) is 7.99. The molecule has 1 aliphatic rings. The van der Waals surface area contributed by atoms with Crippen LogP contribution in [0.25, 0.3) is 0 Å². The number of amides is 2. The SMILES string of the molecule is CC(=O)Nc1cccc(N[C@@H](C)C(=O)N(C)C2CCCCC2)c1. The zero-order chi connectivity index (χ0) is 16.8. The van der Waals surface area contributed by atoms with E-state index in [1.54, 1.807) is 0 Å². The van der Waals surface area contributed by atoms with Gasteiger partial charge in [0.15, 0.2) is 0 Å². The first-order valence-corrected chi connectivity index (χ1v) is 8.38. The Hall–Kier alpha value is -2.04. The van der Waals surface area contributed by atoms with Crippen molar-refractivity contribution in [3.05, 3.63) is 24.3 Å². The fourth-order valence-electron chi connectivity index (χ4n) is 3.16. The summed E-state index contributed by atoms with van der Waals surface area (Å²) >= 11 is 0. The molecule has 1 saturated carbocycles. The molecule has 126 valence electrons. The Labute approximate surface area is 138 Å². The predicted octanol–water partition coefficient (Wildman–Crippen LogP) is 3.24. The molecule has 0 spiro atoms. The summed E-state index contributed by atoms with van der Waals surface area (Å²) in [7, 11) is 1.91. The molecular weight excluding hydrogens is 290 g/mol. The molecule has 0 unspecified atom stereocenters. The summed E-state index contributed by atoms with van der Waals surface area (Å²) in [6.07, 6.45) is 5.91. The van der Waals surface area contributed by atoms with Crippen LogP contribution in [0.15, 0.2) is 24.3 Å². The molecule has 1 aromatic carbocycles. The van der Waals surface area contributed by atoms with Crippen LogP contribution < -0.4 is 10.6 Å². The summed E-state index contributed by atoms with van der Waals surface area (Å²) in [4.78, 5) is 25.6. The molecule has 0 aliphatic heterocycles. The highest BCUT2D eigenvalue weighted by Gasteiger charge is 2.25. The first kappa shape index (κ1) is 17.3. The quantitative estimate of drug-likeness (QED) is 0.876. The third kappa shape index (κ3) is 4.98. The Morgan fingerprint density at radius 2 is 1.83 bits per heavy atom. The molecule has 1 atom stereocenters. The van der Waals surface area contributed by atoms with Gasteiger partial charge in [-0.2, -0.15) is 0 Å². The smallest absolute Gasteiger partial charge is 0.244 e. The number of nitrogens with one attached hydrogen (secondary N) is 2. The predicted molar refractivity (Wildman–Crippen MR) is 93.5 cm³/mol. The van der Waals surface area contributed by atoms with Crippen molar-refractivity contribution in [1.29, 1.82) is 0 Å². The Bertz CT molecular complexity index is 553. The van der Waals surface area contributed by atoms with Gasteiger partial charge in [0.1, 0.15) is 6.04 Å². The third-order valence-electron chi connectivity index (χ3n) is 4.41. The molecule has 0 bridgehead atoms. The Morgan fingerprint density at radius 1 is 1.17 bits per heavy atom. The second-order valence-electron chi connectivity index (χ2n) is 6.37. The Kier molecular flexibility index (Phi) is 6.02. The van der Waals surface area contributed by atoms with Crippen LogP contribution in [0.1, 0.15) is 46.0 Å². The summed E-state index contributed by atoms with van der Waals surface area (Å²) in [5.41, 5.74) is 1.55. The normalized spacial score (nSPS) is 16.5. The van der Waals surface area contributed by atoms with Crippen LogP contribution in [0.3, 0.4) is 0 Å². The molecule has 1 aromatic rings. The highest BCUT2D eigenvalue weighted by molar-refractivity contribution is 5.89. The largest absolute Gasteiger partial charge is 0.374 e. The van der Waals surface area contributed by atoms with Gasteiger partial charge in [0.2, 0.25) is 11.8 Å². The number of likely N-dealkylation sites (N-methyl/N-ethyl adjacent to an activating group) is 1. The lowest BCUT2D eigenvalue weighted by atomic mass is 9.94. The van der Waals surface area contributed by atoms with Crippen molar-refractivity contribution in [1.82, 2.24) is 4.90 Å². The monoisotopic (exact) mass is 317 g/mol. The van der Waals surface area contributed by atoms with Crippen molar-refractivity contribution in [3.63, 3.8) is 0 Å². The molecule has 2 N–H and O–H groups in total. The standard InChI is InChI=1S/C18H27N3O2/c1-13(18(23)21(3)17-10-5-4-6-11-17)19-15-8-7-9-16(12-15)20-14(2)22/h7-9,12-13,17,19H,4-6,10-11H2,1-3H3,(H,20,22)/t13-/m0/s1. The van der Waals surface area contributed by atoms with Gasteiger partial charge in [0, 0.05) is 31.4 Å². The van der Waals surface area contributed by atoms with E-state index >= 15 is 0 Å². The van der Waals surface area contributed by atoms with Crippen LogP contribution in [0, 0.1) is 0 Å². The van der Waals surface area contributed by atoms with Gasteiger partial charge >= 0.3 is 0 Å². The van der Waals surface area contributed by atoms with Gasteiger partial charge in [-0.05, 0) is 38.0 Å². The van der Waals surface area contributed by atoms with Gasteiger partial charge in [-0.1, -0.05) is 25.3 Å². The average molecular weight is 317 g/mol. The number of nitrogens with zero attached hydrogens (tertiary/aromatic N) is 1. The molecule has 23 heavy (non-hydrogen) atoms. The number of benzene rings is 1. The van der Waals surface area contributed by atoms with Crippen molar-refractivity contribution in [2.45, 2.75) is 58.0 Å². The first-order chi connectivity index (χ1) is 11.0. The van der Waals surface area contributed by atoms with Crippen LogP contribution in [0.4, 0.5) is 11.4 Å². The zero-order valence-corrected chi connectivity index (χ0v) is 14.3. The Morgan fingerprint density at radius 3 is 2.48 bits per heavy atom. The number of carbonyl (C=O) groups is 2. The molecule has 2 rings (SSSR count). The summed E-state index contributed by atoms with van der Waals surface area (Å²) in [5.74, 6) is 0.00476. The van der Waals surface area contributed by atoms with Crippen LogP contribution >= 0.6 is 0 Å². The molecule has 0 saturated heterocycles. The summed E-state index contributed by atoms with van der Waals surface area (Å²) in [5, 5.41) is 5.98. The molecule has 2 amide bonds. The summed E-state index contributed by atoms with van der Waals surface area (Å²) in [6, 6.07) is 7.49. The van der Waals surface area contributed by atoms with Gasteiger partial charge in [-0.25, -0.2) is 0 Å². The van der Waals surface area contributed by atoms with E-state index in [1.807, 2.05) is 43.1 Å². The van der Waals surface area contributed by atoms with Crippen molar-refractivity contribution in [2.75, 3.05) is 17.7 Å². The topological polar surface area (TPSA) is 61.4 Å². The maximum Gasteiger partial charge on any atom is 0.244 e. The minimum atomic E-state index is -0.297. The number of hydrogen-bond donors (Lipinski definition) is 2. The van der Waals surface area contributed by atoms with E-state index in [0.717, 1.165) is 24.2 Å². The van der Waals surface area contributed by atoms with Crippen LogP contribution in [-0.4, -0.2) is 35.8 Å². The molecule has 5 nitrogen and oxygen atoms in total. The van der Waals surface area contributed by atoms with Crippen molar-refractivity contribution in [2.24, 2.45) is 0 Å². The second-order valence-corrected chi connectivity index (χ2v) is 6.37. The van der Waals surface area contributed by atoms with Gasteiger partial charge < -0.3 is 15.5 Å². The Balaban J connectivity index is 1.96. The minimum Gasteiger partial charge on any atom is -0.374 e. The van der Waals surface area contributed by atoms with Crippen LogP contribution in [0.5, 0.6) is 0 Å². The van der Waals surface area contributed by atoms with Gasteiger partial charge in [0.25, 0.3) is 0 Å². The lowest BCUT2D eigenvalue weighted by Gasteiger charge is -2.33. The van der Waals surface area contributed by atoms with Crippen LogP contribution in [-0.2, 0) is 9.59 Å². The molecule has 0 heterocycles. The zero-order valence-electron chi connectivity index (χ0n) is 14.3. The molecular formula is C18H27N3O2. The van der Waals surface area contributed by atoms with Crippen molar-refractivity contribution < 1.29 is 9.59 Å². The summed E-state index contributed by atoms with van der Waals surface area (Å²) < 4.78 is 0. The molecule has 0 radical (unpaired) electrons. The molecule has 1 fully saturated rings. The lowest BCUT2D eigenvalue weighted by Crippen LogP contribution is -2.45. The number of rotatable bonds is 5. The van der Waals surface area contributed by atoms with Crippen LogP contribution in [0.2, 0.25) is 0 Å².